The molecule has 0 bridgehead atoms. The predicted molar refractivity (Wildman–Crippen MR) is 85.1 cm³/mol. The third-order valence-corrected chi connectivity index (χ3v) is 4.91. The smallest absolute Gasteiger partial charge is 0.491 e. The minimum atomic E-state index is -0.724. The lowest BCUT2D eigenvalue weighted by Gasteiger charge is -2.32. The Bertz CT molecular complexity index is 518. The number of hydrogen-bond donors (Lipinski definition) is 0. The van der Waals surface area contributed by atoms with E-state index in [9.17, 15) is 4.39 Å². The zero-order chi connectivity index (χ0) is 15.8. The minimum Gasteiger partial charge on any atom is -0.491 e. The molecule has 116 valence electrons. The molecule has 0 aromatic heterocycles. The van der Waals surface area contributed by atoms with Crippen molar-refractivity contribution in [3.63, 3.8) is 0 Å². The van der Waals surface area contributed by atoms with Gasteiger partial charge in [0, 0.05) is 10.4 Å². The fourth-order valence-electron chi connectivity index (χ4n) is 2.18. The topological polar surface area (TPSA) is 27.7 Å². The second kappa shape index (κ2) is 5.82. The Morgan fingerprint density at radius 3 is 2.24 bits per heavy atom. The van der Waals surface area contributed by atoms with Crippen LogP contribution in [0.5, 0.6) is 5.75 Å². The van der Waals surface area contributed by atoms with E-state index in [4.69, 9.17) is 14.0 Å². The van der Waals surface area contributed by atoms with Gasteiger partial charge in [0.2, 0.25) is 0 Å². The van der Waals surface area contributed by atoms with Crippen LogP contribution in [0.25, 0.3) is 0 Å². The van der Waals surface area contributed by atoms with Gasteiger partial charge in [0.15, 0.2) is 11.6 Å². The molecule has 0 N–H and O–H groups in total. The van der Waals surface area contributed by atoms with Crippen molar-refractivity contribution < 1.29 is 18.4 Å². The lowest BCUT2D eigenvalue weighted by Crippen LogP contribution is -2.41. The van der Waals surface area contributed by atoms with E-state index in [0.29, 0.717) is 12.1 Å². The molecule has 1 fully saturated rings. The molecule has 1 heterocycles. The first-order valence-electron chi connectivity index (χ1n) is 7.08. The monoisotopic (exact) mass is 312 g/mol. The molecule has 6 heteroatoms. The first-order chi connectivity index (χ1) is 9.73. The fourth-order valence-corrected chi connectivity index (χ4v) is 2.79. The van der Waals surface area contributed by atoms with E-state index < -0.39 is 24.1 Å². The van der Waals surface area contributed by atoms with Crippen molar-refractivity contribution in [2.75, 3.05) is 12.9 Å². The Hall–Kier alpha value is -0.715. The van der Waals surface area contributed by atoms with Crippen molar-refractivity contribution in [3.8, 4) is 5.75 Å². The summed E-state index contributed by atoms with van der Waals surface area (Å²) in [6, 6.07) is 3.50. The maximum atomic E-state index is 14.8. The van der Waals surface area contributed by atoms with E-state index in [-0.39, 0.29) is 5.75 Å². The first kappa shape index (κ1) is 16.7. The zero-order valence-corrected chi connectivity index (χ0v) is 14.3. The molecule has 0 unspecified atom stereocenters. The van der Waals surface area contributed by atoms with Crippen LogP contribution < -0.4 is 10.2 Å². The largest absolute Gasteiger partial charge is 0.499 e. The van der Waals surface area contributed by atoms with Gasteiger partial charge in [0.25, 0.3) is 0 Å². The van der Waals surface area contributed by atoms with Gasteiger partial charge in [-0.1, -0.05) is 0 Å². The SMILES string of the molecule is CCOc1ccc(SC)c(B2OC(C)(C)C(C)(C)O2)c1F. The molecule has 0 spiro atoms. The lowest BCUT2D eigenvalue weighted by atomic mass is 9.78. The van der Waals surface area contributed by atoms with Crippen LogP contribution in [0.3, 0.4) is 0 Å². The van der Waals surface area contributed by atoms with Crippen LogP contribution in [-0.4, -0.2) is 31.2 Å². The van der Waals surface area contributed by atoms with Crippen molar-refractivity contribution in [1.29, 1.82) is 0 Å². The van der Waals surface area contributed by atoms with Crippen LogP contribution >= 0.6 is 11.8 Å². The van der Waals surface area contributed by atoms with Crippen molar-refractivity contribution >= 4 is 24.3 Å². The van der Waals surface area contributed by atoms with Crippen LogP contribution in [0, 0.1) is 5.82 Å². The van der Waals surface area contributed by atoms with Gasteiger partial charge in [-0.05, 0) is 53.0 Å². The number of thioether (sulfide) groups is 1. The van der Waals surface area contributed by atoms with Crippen LogP contribution in [0.4, 0.5) is 4.39 Å². The number of halogens is 1. The third kappa shape index (κ3) is 2.94. The molecule has 1 aromatic carbocycles. The standard InChI is InChI=1S/C15H22BFO3S/c1-7-18-10-8-9-11(21-6)12(13(10)17)16-19-14(2,3)15(4,5)20-16/h8-9H,7H2,1-6H3. The molecule has 1 aliphatic heterocycles. The Morgan fingerprint density at radius 2 is 1.76 bits per heavy atom. The van der Waals surface area contributed by atoms with Gasteiger partial charge in [0.05, 0.1) is 17.8 Å². The van der Waals surface area contributed by atoms with Crippen LogP contribution in [0.15, 0.2) is 17.0 Å². The predicted octanol–water partition coefficient (Wildman–Crippen LogP) is 3.25. The van der Waals surface area contributed by atoms with E-state index in [0.717, 1.165) is 4.90 Å². The van der Waals surface area contributed by atoms with E-state index in [1.807, 2.05) is 46.9 Å². The molecule has 1 aromatic rings. The van der Waals surface area contributed by atoms with Crippen LogP contribution in [0.1, 0.15) is 34.6 Å². The summed E-state index contributed by atoms with van der Waals surface area (Å²) < 4.78 is 32.1. The average molecular weight is 312 g/mol. The van der Waals surface area contributed by atoms with Gasteiger partial charge in [-0.25, -0.2) is 4.39 Å². The molecule has 1 aliphatic rings. The maximum Gasteiger partial charge on any atom is 0.499 e. The highest BCUT2D eigenvalue weighted by molar-refractivity contribution is 7.98. The van der Waals surface area contributed by atoms with Crippen molar-refractivity contribution in [2.24, 2.45) is 0 Å². The molecular formula is C15H22BFO3S. The maximum absolute atomic E-state index is 14.8. The van der Waals surface area contributed by atoms with Gasteiger partial charge in [-0.15, -0.1) is 11.8 Å². The van der Waals surface area contributed by atoms with E-state index in [1.54, 1.807) is 6.07 Å². The van der Waals surface area contributed by atoms with Gasteiger partial charge in [-0.3, -0.25) is 0 Å². The molecular weight excluding hydrogens is 290 g/mol. The second-order valence-electron chi connectivity index (χ2n) is 6.01. The quantitative estimate of drug-likeness (QED) is 0.630. The lowest BCUT2D eigenvalue weighted by molar-refractivity contribution is 0.00578. The molecule has 21 heavy (non-hydrogen) atoms. The molecule has 0 amide bonds. The summed E-state index contributed by atoms with van der Waals surface area (Å²) in [5.74, 6) is -0.165. The summed E-state index contributed by atoms with van der Waals surface area (Å²) in [5, 5.41) is 0. The molecule has 0 saturated carbocycles. The first-order valence-corrected chi connectivity index (χ1v) is 8.31. The van der Waals surface area contributed by atoms with Crippen molar-refractivity contribution in [3.05, 3.63) is 17.9 Å². The number of benzene rings is 1. The molecule has 0 atom stereocenters. The van der Waals surface area contributed by atoms with Crippen molar-refractivity contribution in [2.45, 2.75) is 50.7 Å². The summed E-state index contributed by atoms with van der Waals surface area (Å²) in [6.07, 6.45) is 1.91. The average Bonchev–Trinajstić information content (AvgIpc) is 2.60. The Morgan fingerprint density at radius 1 is 1.19 bits per heavy atom. The van der Waals surface area contributed by atoms with Gasteiger partial charge in [0.1, 0.15) is 0 Å². The van der Waals surface area contributed by atoms with Crippen LogP contribution in [-0.2, 0) is 9.31 Å². The molecule has 0 aliphatic carbocycles. The number of ether oxygens (including phenoxy) is 1. The normalized spacial score (nSPS) is 19.9. The third-order valence-electron chi connectivity index (χ3n) is 4.11. The van der Waals surface area contributed by atoms with Crippen LogP contribution in [0.2, 0.25) is 0 Å². The Labute approximate surface area is 130 Å². The highest BCUT2D eigenvalue weighted by atomic mass is 32.2. The molecule has 1 saturated heterocycles. The number of rotatable bonds is 4. The molecule has 3 nitrogen and oxygen atoms in total. The second-order valence-corrected chi connectivity index (χ2v) is 6.86. The summed E-state index contributed by atoms with van der Waals surface area (Å²) in [4.78, 5) is 0.800. The highest BCUT2D eigenvalue weighted by Crippen LogP contribution is 2.38. The summed E-state index contributed by atoms with van der Waals surface area (Å²) in [6.45, 7) is 10.1. The van der Waals surface area contributed by atoms with Crippen molar-refractivity contribution in [1.82, 2.24) is 0 Å². The van der Waals surface area contributed by atoms with E-state index in [2.05, 4.69) is 0 Å². The fraction of sp³-hybridized carbons (Fsp3) is 0.600. The summed E-state index contributed by atoms with van der Waals surface area (Å²) in [5.41, 5.74) is -0.574. The zero-order valence-electron chi connectivity index (χ0n) is 13.5. The van der Waals surface area contributed by atoms with Gasteiger partial charge in [-0.2, -0.15) is 0 Å². The Kier molecular flexibility index (Phi) is 4.61. The number of hydrogen-bond acceptors (Lipinski definition) is 4. The van der Waals surface area contributed by atoms with Gasteiger partial charge >= 0.3 is 7.12 Å². The summed E-state index contributed by atoms with van der Waals surface area (Å²) in [7, 11) is -0.724. The van der Waals surface area contributed by atoms with Gasteiger partial charge < -0.3 is 14.0 Å². The highest BCUT2D eigenvalue weighted by Gasteiger charge is 2.53. The van der Waals surface area contributed by atoms with E-state index in [1.165, 1.54) is 11.8 Å². The van der Waals surface area contributed by atoms with E-state index >= 15 is 0 Å². The minimum absolute atomic E-state index is 0.236. The summed E-state index contributed by atoms with van der Waals surface area (Å²) >= 11 is 1.47. The Balaban J connectivity index is 2.46. The molecule has 2 rings (SSSR count). The molecule has 0 radical (unpaired) electrons.